The lowest BCUT2D eigenvalue weighted by Gasteiger charge is -2.19. The molecule has 0 saturated heterocycles. The Morgan fingerprint density at radius 2 is 1.86 bits per heavy atom. The number of benzene rings is 1. The van der Waals surface area contributed by atoms with Gasteiger partial charge in [-0.3, -0.25) is 4.68 Å². The number of rotatable bonds is 7. The van der Waals surface area contributed by atoms with Crippen LogP contribution in [0.1, 0.15) is 48.8 Å². The van der Waals surface area contributed by atoms with Crippen LogP contribution >= 0.6 is 0 Å². The first-order valence-electron chi connectivity index (χ1n) is 7.97. The van der Waals surface area contributed by atoms with E-state index in [0.717, 1.165) is 31.6 Å². The summed E-state index contributed by atoms with van der Waals surface area (Å²) in [6, 6.07) is 11.4. The van der Waals surface area contributed by atoms with Gasteiger partial charge in [0.15, 0.2) is 0 Å². The topological polar surface area (TPSA) is 29.9 Å². The monoisotopic (exact) mass is 285 g/mol. The second-order valence-electron chi connectivity index (χ2n) is 5.71. The molecule has 3 nitrogen and oxygen atoms in total. The summed E-state index contributed by atoms with van der Waals surface area (Å²) in [5, 5.41) is 8.23. The molecule has 0 fully saturated rings. The third-order valence-corrected chi connectivity index (χ3v) is 3.82. The highest BCUT2D eigenvalue weighted by Crippen LogP contribution is 2.20. The fourth-order valence-corrected chi connectivity index (χ4v) is 2.67. The van der Waals surface area contributed by atoms with Gasteiger partial charge in [0.05, 0.1) is 5.69 Å². The van der Waals surface area contributed by atoms with Gasteiger partial charge in [0, 0.05) is 24.7 Å². The van der Waals surface area contributed by atoms with Gasteiger partial charge in [0.2, 0.25) is 0 Å². The summed E-state index contributed by atoms with van der Waals surface area (Å²) in [5.41, 5.74) is 5.08. The van der Waals surface area contributed by atoms with Crippen molar-refractivity contribution in [3.05, 3.63) is 52.8 Å². The van der Waals surface area contributed by atoms with E-state index >= 15 is 0 Å². The molecule has 114 valence electrons. The molecule has 0 aliphatic rings. The van der Waals surface area contributed by atoms with Gasteiger partial charge in [-0.2, -0.15) is 5.10 Å². The molecule has 1 heterocycles. The average molecular weight is 285 g/mol. The van der Waals surface area contributed by atoms with Crippen molar-refractivity contribution in [1.82, 2.24) is 15.1 Å². The molecule has 0 amide bonds. The lowest BCUT2D eigenvalue weighted by molar-refractivity contribution is 0.502. The average Bonchev–Trinajstić information content (AvgIpc) is 2.84. The summed E-state index contributed by atoms with van der Waals surface area (Å²) >= 11 is 0. The maximum atomic E-state index is 4.56. The maximum Gasteiger partial charge on any atom is 0.0596 e. The quantitative estimate of drug-likeness (QED) is 0.838. The van der Waals surface area contributed by atoms with Gasteiger partial charge < -0.3 is 5.32 Å². The molecule has 0 saturated carbocycles. The van der Waals surface area contributed by atoms with Crippen molar-refractivity contribution in [2.24, 2.45) is 0 Å². The minimum atomic E-state index is 0.354. The highest BCUT2D eigenvalue weighted by Gasteiger charge is 2.14. The molecule has 2 rings (SSSR count). The highest BCUT2D eigenvalue weighted by atomic mass is 15.3. The third-order valence-electron chi connectivity index (χ3n) is 3.82. The molecule has 3 heteroatoms. The minimum Gasteiger partial charge on any atom is -0.310 e. The van der Waals surface area contributed by atoms with Gasteiger partial charge in [0.25, 0.3) is 0 Å². The van der Waals surface area contributed by atoms with E-state index in [9.17, 15) is 0 Å². The minimum absolute atomic E-state index is 0.354. The molecule has 1 unspecified atom stereocenters. The van der Waals surface area contributed by atoms with E-state index in [1.54, 1.807) is 0 Å². The lowest BCUT2D eigenvalue weighted by atomic mass is 10.0. The number of aromatic nitrogens is 2. The first-order valence-corrected chi connectivity index (χ1v) is 7.97. The first kappa shape index (κ1) is 15.8. The summed E-state index contributed by atoms with van der Waals surface area (Å²) in [6.07, 6.45) is 2.13. The Hall–Kier alpha value is -1.61. The molecule has 21 heavy (non-hydrogen) atoms. The standard InChI is InChI=1S/C18H27N3/c1-5-11-19-18(16-9-7-14(3)8-10-16)13-17-12-15(4)20-21(17)6-2/h7-10,12,18-19H,5-6,11,13H2,1-4H3. The van der Waals surface area contributed by atoms with Crippen LogP contribution in [-0.4, -0.2) is 16.3 Å². The van der Waals surface area contributed by atoms with Crippen LogP contribution in [0.15, 0.2) is 30.3 Å². The van der Waals surface area contributed by atoms with Crippen molar-refractivity contribution in [3.8, 4) is 0 Å². The number of nitrogens with zero attached hydrogens (tertiary/aromatic N) is 2. The molecular weight excluding hydrogens is 258 g/mol. The Morgan fingerprint density at radius 1 is 1.14 bits per heavy atom. The first-order chi connectivity index (χ1) is 10.1. The van der Waals surface area contributed by atoms with E-state index in [1.807, 2.05) is 0 Å². The van der Waals surface area contributed by atoms with E-state index in [4.69, 9.17) is 0 Å². The van der Waals surface area contributed by atoms with Gasteiger partial charge in [0.1, 0.15) is 0 Å². The summed E-state index contributed by atoms with van der Waals surface area (Å²) in [6.45, 7) is 10.5. The van der Waals surface area contributed by atoms with Gasteiger partial charge in [-0.05, 0) is 45.4 Å². The van der Waals surface area contributed by atoms with Crippen LogP contribution in [0.25, 0.3) is 0 Å². The van der Waals surface area contributed by atoms with Crippen LogP contribution in [0.4, 0.5) is 0 Å². The molecular formula is C18H27N3. The van der Waals surface area contributed by atoms with Crippen LogP contribution < -0.4 is 5.32 Å². The number of nitrogens with one attached hydrogen (secondary N) is 1. The van der Waals surface area contributed by atoms with Crippen molar-refractivity contribution in [3.63, 3.8) is 0 Å². The number of hydrogen-bond acceptors (Lipinski definition) is 2. The zero-order valence-electron chi connectivity index (χ0n) is 13.7. The molecule has 1 atom stereocenters. The van der Waals surface area contributed by atoms with Crippen molar-refractivity contribution in [2.45, 2.75) is 53.1 Å². The Balaban J connectivity index is 2.21. The molecule has 0 spiro atoms. The van der Waals surface area contributed by atoms with E-state index in [0.29, 0.717) is 6.04 Å². The van der Waals surface area contributed by atoms with E-state index < -0.39 is 0 Å². The zero-order chi connectivity index (χ0) is 15.2. The summed E-state index contributed by atoms with van der Waals surface area (Å²) in [7, 11) is 0. The van der Waals surface area contributed by atoms with E-state index in [1.165, 1.54) is 16.8 Å². The van der Waals surface area contributed by atoms with Gasteiger partial charge in [-0.15, -0.1) is 0 Å². The second-order valence-corrected chi connectivity index (χ2v) is 5.71. The van der Waals surface area contributed by atoms with Crippen LogP contribution in [0, 0.1) is 13.8 Å². The molecule has 1 N–H and O–H groups in total. The lowest BCUT2D eigenvalue weighted by Crippen LogP contribution is -2.25. The summed E-state index contributed by atoms with van der Waals surface area (Å²) in [5.74, 6) is 0. The van der Waals surface area contributed by atoms with Crippen LogP contribution in [0.5, 0.6) is 0 Å². The van der Waals surface area contributed by atoms with Crippen LogP contribution in [0.3, 0.4) is 0 Å². The summed E-state index contributed by atoms with van der Waals surface area (Å²) in [4.78, 5) is 0. The second kappa shape index (κ2) is 7.41. The van der Waals surface area contributed by atoms with Crippen molar-refractivity contribution in [2.75, 3.05) is 6.54 Å². The Morgan fingerprint density at radius 3 is 2.48 bits per heavy atom. The SMILES string of the molecule is CCCNC(Cc1cc(C)nn1CC)c1ccc(C)cc1. The van der Waals surface area contributed by atoms with E-state index in [2.05, 4.69) is 73.1 Å². The fraction of sp³-hybridized carbons (Fsp3) is 0.500. The maximum absolute atomic E-state index is 4.56. The number of aryl methyl sites for hydroxylation is 3. The van der Waals surface area contributed by atoms with Crippen molar-refractivity contribution < 1.29 is 0 Å². The molecule has 0 aliphatic heterocycles. The third kappa shape index (κ3) is 4.18. The highest BCUT2D eigenvalue weighted by molar-refractivity contribution is 5.26. The van der Waals surface area contributed by atoms with Crippen molar-refractivity contribution >= 4 is 0 Å². The number of hydrogen-bond donors (Lipinski definition) is 1. The van der Waals surface area contributed by atoms with Crippen LogP contribution in [0.2, 0.25) is 0 Å². The molecule has 0 aliphatic carbocycles. The molecule has 1 aromatic carbocycles. The molecule has 2 aromatic rings. The van der Waals surface area contributed by atoms with Gasteiger partial charge in [-0.25, -0.2) is 0 Å². The smallest absolute Gasteiger partial charge is 0.0596 e. The van der Waals surface area contributed by atoms with Crippen molar-refractivity contribution in [1.29, 1.82) is 0 Å². The molecule has 0 radical (unpaired) electrons. The fourth-order valence-electron chi connectivity index (χ4n) is 2.67. The predicted octanol–water partition coefficient (Wildman–Crippen LogP) is 3.80. The largest absolute Gasteiger partial charge is 0.310 e. The van der Waals surface area contributed by atoms with E-state index in [-0.39, 0.29) is 0 Å². The van der Waals surface area contributed by atoms with Gasteiger partial charge in [-0.1, -0.05) is 36.8 Å². The Kier molecular flexibility index (Phi) is 5.57. The Labute approximate surface area is 128 Å². The molecule has 0 bridgehead atoms. The summed E-state index contributed by atoms with van der Waals surface area (Å²) < 4.78 is 2.12. The molecule has 1 aromatic heterocycles. The predicted molar refractivity (Wildman–Crippen MR) is 88.6 cm³/mol. The van der Waals surface area contributed by atoms with Gasteiger partial charge >= 0.3 is 0 Å². The normalized spacial score (nSPS) is 12.6. The zero-order valence-corrected chi connectivity index (χ0v) is 13.7. The van der Waals surface area contributed by atoms with Crippen LogP contribution in [-0.2, 0) is 13.0 Å². The Bertz CT molecular complexity index is 554.